The van der Waals surface area contributed by atoms with Gasteiger partial charge in [0.15, 0.2) is 0 Å². The molecule has 0 fully saturated rings. The molecule has 1 aromatic carbocycles. The van der Waals surface area contributed by atoms with E-state index in [9.17, 15) is 9.18 Å². The number of carbonyl (C=O) groups is 1. The molecule has 0 atom stereocenters. The Labute approximate surface area is 93.6 Å². The number of amides is 1. The van der Waals surface area contributed by atoms with Gasteiger partial charge in [0.1, 0.15) is 11.6 Å². The molecule has 0 radical (unpaired) electrons. The van der Waals surface area contributed by atoms with Crippen molar-refractivity contribution in [3.05, 3.63) is 30.1 Å². The van der Waals surface area contributed by atoms with Crippen LogP contribution in [0, 0.1) is 5.82 Å². The van der Waals surface area contributed by atoms with Crippen LogP contribution in [0.5, 0.6) is 5.75 Å². The van der Waals surface area contributed by atoms with E-state index in [0.717, 1.165) is 6.42 Å². The van der Waals surface area contributed by atoms with Crippen LogP contribution in [0.25, 0.3) is 0 Å². The highest BCUT2D eigenvalue weighted by molar-refractivity contribution is 5.75. The van der Waals surface area contributed by atoms with E-state index in [0.29, 0.717) is 25.2 Å². The molecule has 4 nitrogen and oxygen atoms in total. The number of hydrazine groups is 1. The van der Waals surface area contributed by atoms with E-state index in [1.165, 1.54) is 12.1 Å². The van der Waals surface area contributed by atoms with E-state index in [4.69, 9.17) is 10.6 Å². The minimum atomic E-state index is -0.285. The molecule has 5 heteroatoms. The van der Waals surface area contributed by atoms with Gasteiger partial charge in [-0.05, 0) is 37.1 Å². The van der Waals surface area contributed by atoms with Gasteiger partial charge in [-0.3, -0.25) is 10.2 Å². The number of carbonyl (C=O) groups excluding carboxylic acids is 1. The summed E-state index contributed by atoms with van der Waals surface area (Å²) in [5, 5.41) is 0. The van der Waals surface area contributed by atoms with Crippen molar-refractivity contribution >= 4 is 5.91 Å². The summed E-state index contributed by atoms with van der Waals surface area (Å²) in [4.78, 5) is 10.8. The molecule has 0 saturated carbocycles. The van der Waals surface area contributed by atoms with Crippen LogP contribution >= 0.6 is 0 Å². The monoisotopic (exact) mass is 226 g/mol. The van der Waals surface area contributed by atoms with E-state index in [2.05, 4.69) is 5.43 Å². The zero-order valence-corrected chi connectivity index (χ0v) is 8.91. The highest BCUT2D eigenvalue weighted by Crippen LogP contribution is 2.11. The number of nitrogens with one attached hydrogen (secondary N) is 1. The van der Waals surface area contributed by atoms with Crippen molar-refractivity contribution in [2.75, 3.05) is 6.61 Å². The Kier molecular flexibility index (Phi) is 5.28. The maximum Gasteiger partial charge on any atom is 0.233 e. The first-order valence-electron chi connectivity index (χ1n) is 5.10. The van der Waals surface area contributed by atoms with Crippen molar-refractivity contribution in [2.45, 2.75) is 19.3 Å². The van der Waals surface area contributed by atoms with Gasteiger partial charge in [0, 0.05) is 6.42 Å². The molecule has 0 bridgehead atoms. The summed E-state index contributed by atoms with van der Waals surface area (Å²) in [7, 11) is 0. The third-order valence-electron chi connectivity index (χ3n) is 2.04. The second kappa shape index (κ2) is 6.79. The molecule has 1 amide bonds. The Balaban J connectivity index is 2.11. The first-order chi connectivity index (χ1) is 7.72. The quantitative estimate of drug-likeness (QED) is 0.333. The molecular weight excluding hydrogens is 211 g/mol. The predicted molar refractivity (Wildman–Crippen MR) is 58.1 cm³/mol. The van der Waals surface area contributed by atoms with Crippen molar-refractivity contribution in [1.29, 1.82) is 0 Å². The predicted octanol–water partition coefficient (Wildman–Crippen LogP) is 1.36. The minimum absolute atomic E-state index is 0.179. The molecule has 1 rings (SSSR count). The zero-order valence-electron chi connectivity index (χ0n) is 8.91. The lowest BCUT2D eigenvalue weighted by Gasteiger charge is -2.05. The van der Waals surface area contributed by atoms with E-state index >= 15 is 0 Å². The van der Waals surface area contributed by atoms with Crippen molar-refractivity contribution in [3.63, 3.8) is 0 Å². The topological polar surface area (TPSA) is 64.3 Å². The summed E-state index contributed by atoms with van der Waals surface area (Å²) >= 11 is 0. The number of hydrogen-bond acceptors (Lipinski definition) is 3. The number of hydrogen-bond donors (Lipinski definition) is 2. The molecule has 16 heavy (non-hydrogen) atoms. The Bertz CT molecular complexity index is 327. The lowest BCUT2D eigenvalue weighted by Crippen LogP contribution is -2.29. The molecule has 0 saturated heterocycles. The average molecular weight is 226 g/mol. The number of halogens is 1. The molecule has 3 N–H and O–H groups in total. The molecule has 0 heterocycles. The first-order valence-corrected chi connectivity index (χ1v) is 5.10. The molecule has 0 aliphatic carbocycles. The van der Waals surface area contributed by atoms with Crippen molar-refractivity contribution in [2.24, 2.45) is 5.84 Å². The van der Waals surface area contributed by atoms with Crippen molar-refractivity contribution < 1.29 is 13.9 Å². The van der Waals surface area contributed by atoms with Gasteiger partial charge in [0.25, 0.3) is 0 Å². The van der Waals surface area contributed by atoms with Crippen LogP contribution in [0.4, 0.5) is 4.39 Å². The summed E-state index contributed by atoms with van der Waals surface area (Å²) < 4.78 is 17.9. The smallest absolute Gasteiger partial charge is 0.233 e. The molecule has 88 valence electrons. The molecular formula is C11H15FN2O2. The standard InChI is InChI=1S/C11H15FN2O2/c12-9-4-6-10(7-5-9)16-8-2-1-3-11(15)14-13/h4-7H,1-3,8,13H2,(H,14,15). The van der Waals surface area contributed by atoms with Gasteiger partial charge >= 0.3 is 0 Å². The van der Waals surface area contributed by atoms with Crippen LogP contribution in [0.1, 0.15) is 19.3 Å². The molecule has 0 aliphatic rings. The van der Waals surface area contributed by atoms with Crippen molar-refractivity contribution in [1.82, 2.24) is 5.43 Å². The first kappa shape index (κ1) is 12.4. The molecule has 0 aliphatic heterocycles. The third kappa shape index (κ3) is 4.75. The summed E-state index contributed by atoms with van der Waals surface area (Å²) in [5.41, 5.74) is 2.06. The van der Waals surface area contributed by atoms with E-state index in [1.807, 2.05) is 0 Å². The van der Waals surface area contributed by atoms with Crippen LogP contribution in [0.15, 0.2) is 24.3 Å². The summed E-state index contributed by atoms with van der Waals surface area (Å²) in [5.74, 6) is 5.09. The summed E-state index contributed by atoms with van der Waals surface area (Å²) in [6, 6.07) is 5.83. The number of nitrogens with two attached hydrogens (primary N) is 1. The fourth-order valence-corrected chi connectivity index (χ4v) is 1.18. The van der Waals surface area contributed by atoms with Gasteiger partial charge in [-0.15, -0.1) is 0 Å². The normalized spacial score (nSPS) is 9.88. The maximum atomic E-state index is 12.5. The lowest BCUT2D eigenvalue weighted by molar-refractivity contribution is -0.121. The van der Waals surface area contributed by atoms with Gasteiger partial charge in [-0.1, -0.05) is 0 Å². The van der Waals surface area contributed by atoms with Crippen LogP contribution < -0.4 is 16.0 Å². The van der Waals surface area contributed by atoms with E-state index in [-0.39, 0.29) is 11.7 Å². The molecule has 0 aromatic heterocycles. The van der Waals surface area contributed by atoms with E-state index in [1.54, 1.807) is 12.1 Å². The number of rotatable bonds is 6. The maximum absolute atomic E-state index is 12.5. The number of unbranched alkanes of at least 4 members (excludes halogenated alkanes) is 1. The van der Waals surface area contributed by atoms with Gasteiger partial charge < -0.3 is 4.74 Å². The Morgan fingerprint density at radius 1 is 1.31 bits per heavy atom. The Morgan fingerprint density at radius 2 is 2.00 bits per heavy atom. The molecule has 1 aromatic rings. The van der Waals surface area contributed by atoms with Gasteiger partial charge in [-0.25, -0.2) is 10.2 Å². The molecule has 0 unspecified atom stereocenters. The zero-order chi connectivity index (χ0) is 11.8. The van der Waals surface area contributed by atoms with Gasteiger partial charge in [0.2, 0.25) is 5.91 Å². The minimum Gasteiger partial charge on any atom is -0.494 e. The SMILES string of the molecule is NNC(=O)CCCCOc1ccc(F)cc1. The summed E-state index contributed by atoms with van der Waals surface area (Å²) in [6.07, 6.45) is 1.86. The van der Waals surface area contributed by atoms with Crippen LogP contribution in [0.2, 0.25) is 0 Å². The van der Waals surface area contributed by atoms with Gasteiger partial charge in [0.05, 0.1) is 6.61 Å². The van der Waals surface area contributed by atoms with Crippen LogP contribution in [-0.2, 0) is 4.79 Å². The second-order valence-electron chi connectivity index (χ2n) is 3.33. The average Bonchev–Trinajstić information content (AvgIpc) is 2.31. The Hall–Kier alpha value is -1.62. The highest BCUT2D eigenvalue weighted by Gasteiger charge is 1.98. The molecule has 0 spiro atoms. The van der Waals surface area contributed by atoms with Crippen molar-refractivity contribution in [3.8, 4) is 5.75 Å². The summed E-state index contributed by atoms with van der Waals surface area (Å²) in [6.45, 7) is 0.503. The van der Waals surface area contributed by atoms with E-state index < -0.39 is 0 Å². The highest BCUT2D eigenvalue weighted by atomic mass is 19.1. The van der Waals surface area contributed by atoms with Gasteiger partial charge in [-0.2, -0.15) is 0 Å². The second-order valence-corrected chi connectivity index (χ2v) is 3.33. The number of benzene rings is 1. The number of ether oxygens (including phenoxy) is 1. The fraction of sp³-hybridized carbons (Fsp3) is 0.364. The largest absolute Gasteiger partial charge is 0.494 e. The Morgan fingerprint density at radius 3 is 2.62 bits per heavy atom. The fourth-order valence-electron chi connectivity index (χ4n) is 1.18. The van der Waals surface area contributed by atoms with Crippen LogP contribution in [-0.4, -0.2) is 12.5 Å². The van der Waals surface area contributed by atoms with Crippen LogP contribution in [0.3, 0.4) is 0 Å². The third-order valence-corrected chi connectivity index (χ3v) is 2.04. The lowest BCUT2D eigenvalue weighted by atomic mass is 10.2.